The molecule has 0 aliphatic carbocycles. The van der Waals surface area contributed by atoms with Crippen molar-refractivity contribution in [3.05, 3.63) is 0 Å². The zero-order valence-corrected chi connectivity index (χ0v) is 9.75. The Morgan fingerprint density at radius 2 is 2.07 bits per heavy atom. The average molecular weight is 200 g/mol. The second-order valence-corrected chi connectivity index (χ2v) is 4.59. The van der Waals surface area contributed by atoms with Crippen molar-refractivity contribution >= 4 is 0 Å². The third kappa shape index (κ3) is 4.40. The fraction of sp³-hybridized carbons (Fsp3) is 1.00. The van der Waals surface area contributed by atoms with Crippen LogP contribution in [0.25, 0.3) is 0 Å². The molecule has 1 aliphatic rings. The van der Waals surface area contributed by atoms with Crippen molar-refractivity contribution in [3.8, 4) is 0 Å². The number of nitrogens with one attached hydrogen (secondary N) is 1. The number of rotatable bonds is 7. The van der Waals surface area contributed by atoms with Crippen LogP contribution in [0.5, 0.6) is 0 Å². The van der Waals surface area contributed by atoms with Crippen molar-refractivity contribution < 1.29 is 4.74 Å². The molecule has 1 rings (SSSR count). The SMILES string of the molecule is CC(C)CCOCCN(C)C1CNC1. The molecular weight excluding hydrogens is 176 g/mol. The maximum atomic E-state index is 5.57. The minimum atomic E-state index is 0.740. The monoisotopic (exact) mass is 200 g/mol. The molecule has 0 spiro atoms. The molecule has 84 valence electrons. The summed E-state index contributed by atoms with van der Waals surface area (Å²) in [5.74, 6) is 0.753. The Morgan fingerprint density at radius 3 is 2.57 bits per heavy atom. The van der Waals surface area contributed by atoms with Crippen LogP contribution in [-0.2, 0) is 4.74 Å². The normalized spacial score (nSPS) is 17.8. The summed E-state index contributed by atoms with van der Waals surface area (Å²) in [7, 11) is 2.18. The van der Waals surface area contributed by atoms with E-state index in [1.54, 1.807) is 0 Å². The van der Waals surface area contributed by atoms with E-state index in [1.807, 2.05) is 0 Å². The number of hydrogen-bond acceptors (Lipinski definition) is 3. The Labute approximate surface area is 87.8 Å². The highest BCUT2D eigenvalue weighted by Crippen LogP contribution is 2.02. The van der Waals surface area contributed by atoms with Gasteiger partial charge in [0.2, 0.25) is 0 Å². The first kappa shape index (κ1) is 12.0. The highest BCUT2D eigenvalue weighted by atomic mass is 16.5. The standard InChI is InChI=1S/C11H24N2O/c1-10(2)4-6-14-7-5-13(3)11-8-12-9-11/h10-12H,4-9H2,1-3H3. The topological polar surface area (TPSA) is 24.5 Å². The molecule has 0 atom stereocenters. The third-order valence-electron chi connectivity index (χ3n) is 2.81. The average Bonchev–Trinajstić information content (AvgIpc) is 1.99. The summed E-state index contributed by atoms with van der Waals surface area (Å²) in [6.45, 7) is 9.59. The highest BCUT2D eigenvalue weighted by molar-refractivity contribution is 4.82. The number of hydrogen-bond donors (Lipinski definition) is 1. The first-order valence-electron chi connectivity index (χ1n) is 5.69. The molecule has 1 heterocycles. The molecule has 0 aromatic carbocycles. The second kappa shape index (κ2) is 6.38. The molecule has 0 aromatic rings. The lowest BCUT2D eigenvalue weighted by molar-refractivity contribution is 0.0809. The molecule has 1 saturated heterocycles. The quantitative estimate of drug-likeness (QED) is 0.619. The van der Waals surface area contributed by atoms with E-state index in [9.17, 15) is 0 Å². The highest BCUT2D eigenvalue weighted by Gasteiger charge is 2.20. The third-order valence-corrected chi connectivity index (χ3v) is 2.81. The molecule has 1 fully saturated rings. The van der Waals surface area contributed by atoms with Gasteiger partial charge in [0.15, 0.2) is 0 Å². The van der Waals surface area contributed by atoms with Crippen molar-refractivity contribution in [3.63, 3.8) is 0 Å². The van der Waals surface area contributed by atoms with Crippen molar-refractivity contribution in [1.82, 2.24) is 10.2 Å². The van der Waals surface area contributed by atoms with Gasteiger partial charge >= 0.3 is 0 Å². The summed E-state index contributed by atoms with van der Waals surface area (Å²) < 4.78 is 5.57. The zero-order valence-electron chi connectivity index (χ0n) is 9.75. The van der Waals surface area contributed by atoms with Crippen LogP contribution < -0.4 is 5.32 Å². The fourth-order valence-corrected chi connectivity index (χ4v) is 1.40. The molecule has 3 nitrogen and oxygen atoms in total. The Hall–Kier alpha value is -0.120. The Bertz CT molecular complexity index is 146. The molecular formula is C11H24N2O. The summed E-state index contributed by atoms with van der Waals surface area (Å²) in [5.41, 5.74) is 0. The van der Waals surface area contributed by atoms with Crippen molar-refractivity contribution in [2.75, 3.05) is 39.9 Å². The van der Waals surface area contributed by atoms with E-state index in [1.165, 1.54) is 6.42 Å². The van der Waals surface area contributed by atoms with E-state index < -0.39 is 0 Å². The Kier molecular flexibility index (Phi) is 5.45. The molecule has 0 amide bonds. The zero-order chi connectivity index (χ0) is 10.4. The van der Waals surface area contributed by atoms with Crippen LogP contribution in [-0.4, -0.2) is 50.8 Å². The molecule has 0 aromatic heterocycles. The first-order chi connectivity index (χ1) is 6.70. The van der Waals surface area contributed by atoms with Gasteiger partial charge in [0.05, 0.1) is 6.61 Å². The van der Waals surface area contributed by atoms with E-state index in [0.717, 1.165) is 44.8 Å². The largest absolute Gasteiger partial charge is 0.380 e. The van der Waals surface area contributed by atoms with Crippen LogP contribution in [0, 0.1) is 5.92 Å². The minimum absolute atomic E-state index is 0.740. The van der Waals surface area contributed by atoms with Crippen LogP contribution >= 0.6 is 0 Å². The van der Waals surface area contributed by atoms with Crippen molar-refractivity contribution in [1.29, 1.82) is 0 Å². The predicted molar refractivity (Wildman–Crippen MR) is 59.6 cm³/mol. The smallest absolute Gasteiger partial charge is 0.0593 e. The molecule has 0 bridgehead atoms. The maximum absolute atomic E-state index is 5.57. The molecule has 1 aliphatic heterocycles. The Balaban J connectivity index is 1.87. The maximum Gasteiger partial charge on any atom is 0.0593 e. The first-order valence-corrected chi connectivity index (χ1v) is 5.69. The minimum Gasteiger partial charge on any atom is -0.380 e. The van der Waals surface area contributed by atoms with Crippen LogP contribution in [0.15, 0.2) is 0 Å². The van der Waals surface area contributed by atoms with Crippen LogP contribution in [0.3, 0.4) is 0 Å². The van der Waals surface area contributed by atoms with Gasteiger partial charge in [-0.3, -0.25) is 4.90 Å². The molecule has 0 saturated carbocycles. The molecule has 0 radical (unpaired) electrons. The lowest BCUT2D eigenvalue weighted by Gasteiger charge is -2.35. The molecule has 0 unspecified atom stereocenters. The second-order valence-electron chi connectivity index (χ2n) is 4.59. The lowest BCUT2D eigenvalue weighted by atomic mass is 10.1. The summed E-state index contributed by atoms with van der Waals surface area (Å²) in [6, 6.07) is 0.740. The van der Waals surface area contributed by atoms with Gasteiger partial charge in [-0.05, 0) is 19.4 Å². The lowest BCUT2D eigenvalue weighted by Crippen LogP contribution is -2.56. The van der Waals surface area contributed by atoms with E-state index in [2.05, 4.69) is 31.1 Å². The van der Waals surface area contributed by atoms with E-state index in [4.69, 9.17) is 4.74 Å². The number of ether oxygens (including phenoxy) is 1. The van der Waals surface area contributed by atoms with Gasteiger partial charge in [0, 0.05) is 32.3 Å². The fourth-order valence-electron chi connectivity index (χ4n) is 1.40. The molecule has 14 heavy (non-hydrogen) atoms. The summed E-state index contributed by atoms with van der Waals surface area (Å²) >= 11 is 0. The van der Waals surface area contributed by atoms with Gasteiger partial charge in [-0.2, -0.15) is 0 Å². The predicted octanol–water partition coefficient (Wildman–Crippen LogP) is 0.953. The summed E-state index contributed by atoms with van der Waals surface area (Å²) in [6.07, 6.45) is 1.18. The van der Waals surface area contributed by atoms with Gasteiger partial charge in [0.1, 0.15) is 0 Å². The van der Waals surface area contributed by atoms with Crippen LogP contribution in [0.4, 0.5) is 0 Å². The number of nitrogens with zero attached hydrogens (tertiary/aromatic N) is 1. The number of likely N-dealkylation sites (N-methyl/N-ethyl adjacent to an activating group) is 1. The Morgan fingerprint density at radius 1 is 1.36 bits per heavy atom. The van der Waals surface area contributed by atoms with E-state index in [-0.39, 0.29) is 0 Å². The van der Waals surface area contributed by atoms with Gasteiger partial charge in [-0.1, -0.05) is 13.8 Å². The molecule has 3 heteroatoms. The molecule has 1 N–H and O–H groups in total. The van der Waals surface area contributed by atoms with Gasteiger partial charge in [0.25, 0.3) is 0 Å². The van der Waals surface area contributed by atoms with Crippen LogP contribution in [0.1, 0.15) is 20.3 Å². The summed E-state index contributed by atoms with van der Waals surface area (Å²) in [5, 5.41) is 3.28. The van der Waals surface area contributed by atoms with Crippen molar-refractivity contribution in [2.45, 2.75) is 26.3 Å². The van der Waals surface area contributed by atoms with Crippen LogP contribution in [0.2, 0.25) is 0 Å². The summed E-state index contributed by atoms with van der Waals surface area (Å²) in [4.78, 5) is 2.38. The van der Waals surface area contributed by atoms with E-state index >= 15 is 0 Å². The van der Waals surface area contributed by atoms with Gasteiger partial charge in [-0.15, -0.1) is 0 Å². The van der Waals surface area contributed by atoms with E-state index in [0.29, 0.717) is 0 Å². The van der Waals surface area contributed by atoms with Crippen molar-refractivity contribution in [2.24, 2.45) is 5.92 Å². The van der Waals surface area contributed by atoms with Gasteiger partial charge in [-0.25, -0.2) is 0 Å². The van der Waals surface area contributed by atoms with Gasteiger partial charge < -0.3 is 10.1 Å².